The first-order chi connectivity index (χ1) is 14.6. The van der Waals surface area contributed by atoms with E-state index in [0.717, 1.165) is 61.5 Å². The molecule has 158 valence electrons. The summed E-state index contributed by atoms with van der Waals surface area (Å²) in [6.45, 7) is 7.21. The summed E-state index contributed by atoms with van der Waals surface area (Å²) in [4.78, 5) is 24.8. The highest BCUT2D eigenvalue weighted by Gasteiger charge is 2.12. The summed E-state index contributed by atoms with van der Waals surface area (Å²) in [6, 6.07) is 5.43. The monoisotopic (exact) mass is 411 g/mol. The van der Waals surface area contributed by atoms with Gasteiger partial charge in [0.1, 0.15) is 23.6 Å². The highest BCUT2D eigenvalue weighted by molar-refractivity contribution is 5.93. The number of benzene rings is 1. The van der Waals surface area contributed by atoms with Gasteiger partial charge in [0.05, 0.1) is 31.0 Å². The van der Waals surface area contributed by atoms with Gasteiger partial charge in [-0.15, -0.1) is 0 Å². The smallest absolute Gasteiger partial charge is 0.352 e. The minimum absolute atomic E-state index is 0.111. The third kappa shape index (κ3) is 4.69. The number of hydrogen-bond acceptors (Lipinski definition) is 7. The average molecular weight is 411 g/mol. The molecule has 0 amide bonds. The number of ether oxygens (including phenoxy) is 2. The van der Waals surface area contributed by atoms with E-state index >= 15 is 0 Å². The molecule has 1 aliphatic rings. The summed E-state index contributed by atoms with van der Waals surface area (Å²) in [5, 5.41) is 13.1. The number of carbonyl (C=O) groups is 1. The number of carboxylic acid groups (broad SMARTS) is 1. The Morgan fingerprint density at radius 3 is 2.90 bits per heavy atom. The number of aromatic nitrogens is 3. The zero-order valence-electron chi connectivity index (χ0n) is 16.9. The Bertz CT molecular complexity index is 1030. The second-order valence-electron chi connectivity index (χ2n) is 7.25. The van der Waals surface area contributed by atoms with Crippen molar-refractivity contribution < 1.29 is 19.4 Å². The summed E-state index contributed by atoms with van der Waals surface area (Å²) >= 11 is 0. The lowest BCUT2D eigenvalue weighted by atomic mass is 10.1. The van der Waals surface area contributed by atoms with Gasteiger partial charge in [-0.1, -0.05) is 0 Å². The van der Waals surface area contributed by atoms with E-state index in [2.05, 4.69) is 25.2 Å². The molecule has 3 aromatic rings. The van der Waals surface area contributed by atoms with Gasteiger partial charge < -0.3 is 24.9 Å². The molecule has 4 rings (SSSR count). The molecule has 0 unspecified atom stereocenters. The fourth-order valence-corrected chi connectivity index (χ4v) is 3.47. The molecule has 0 atom stereocenters. The van der Waals surface area contributed by atoms with Crippen LogP contribution in [0.3, 0.4) is 0 Å². The highest BCUT2D eigenvalue weighted by Crippen LogP contribution is 2.29. The van der Waals surface area contributed by atoms with Crippen LogP contribution in [0.15, 0.2) is 30.7 Å². The third-order valence-electron chi connectivity index (χ3n) is 5.09. The Hall–Kier alpha value is -3.17. The van der Waals surface area contributed by atoms with Crippen LogP contribution in [-0.2, 0) is 4.74 Å². The van der Waals surface area contributed by atoms with Gasteiger partial charge in [-0.05, 0) is 31.0 Å². The lowest BCUT2D eigenvalue weighted by molar-refractivity contribution is 0.0358. The molecule has 1 saturated heterocycles. The molecular formula is C21H25N5O4. The quantitative estimate of drug-likeness (QED) is 0.485. The first-order valence-electron chi connectivity index (χ1n) is 9.97. The van der Waals surface area contributed by atoms with Crippen LogP contribution in [0.25, 0.3) is 10.9 Å². The number of aromatic carboxylic acids is 1. The molecule has 1 aromatic carbocycles. The summed E-state index contributed by atoms with van der Waals surface area (Å²) in [5.41, 5.74) is 2.48. The summed E-state index contributed by atoms with van der Waals surface area (Å²) in [5.74, 6) is 0.406. The maximum Gasteiger partial charge on any atom is 0.352 e. The third-order valence-corrected chi connectivity index (χ3v) is 5.09. The molecular weight excluding hydrogens is 386 g/mol. The predicted molar refractivity (Wildman–Crippen MR) is 113 cm³/mol. The fraction of sp³-hybridized carbons (Fsp3) is 0.381. The normalized spacial score (nSPS) is 14.7. The number of hydrogen-bond donors (Lipinski definition) is 3. The van der Waals surface area contributed by atoms with Gasteiger partial charge in [-0.3, -0.25) is 4.90 Å². The van der Waals surface area contributed by atoms with Crippen LogP contribution in [0.1, 0.15) is 22.5 Å². The topological polar surface area (TPSA) is 113 Å². The Balaban J connectivity index is 1.43. The number of aryl methyl sites for hydroxylation is 1. The molecule has 3 heterocycles. The Morgan fingerprint density at radius 2 is 2.13 bits per heavy atom. The molecule has 0 radical (unpaired) electrons. The van der Waals surface area contributed by atoms with Crippen molar-refractivity contribution in [3.8, 4) is 5.75 Å². The van der Waals surface area contributed by atoms with Gasteiger partial charge in [0.15, 0.2) is 0 Å². The Labute approximate surface area is 174 Å². The summed E-state index contributed by atoms with van der Waals surface area (Å²) in [7, 11) is 0. The van der Waals surface area contributed by atoms with Gasteiger partial charge in [-0.2, -0.15) is 0 Å². The highest BCUT2D eigenvalue weighted by atomic mass is 16.5. The zero-order chi connectivity index (χ0) is 20.9. The second-order valence-corrected chi connectivity index (χ2v) is 7.25. The number of rotatable bonds is 8. The number of nitrogens with one attached hydrogen (secondary N) is 2. The van der Waals surface area contributed by atoms with Crippen LogP contribution < -0.4 is 10.1 Å². The average Bonchev–Trinajstić information content (AvgIpc) is 3.22. The van der Waals surface area contributed by atoms with Crippen molar-refractivity contribution in [3.05, 3.63) is 42.0 Å². The summed E-state index contributed by atoms with van der Waals surface area (Å²) in [6.07, 6.45) is 4.02. The number of aromatic amines is 1. The minimum atomic E-state index is -1.01. The van der Waals surface area contributed by atoms with Crippen LogP contribution in [-0.4, -0.2) is 70.4 Å². The van der Waals surface area contributed by atoms with Gasteiger partial charge in [0.2, 0.25) is 0 Å². The molecule has 2 aromatic heterocycles. The molecule has 0 aliphatic carbocycles. The first-order valence-corrected chi connectivity index (χ1v) is 9.97. The number of morpholine rings is 1. The van der Waals surface area contributed by atoms with Gasteiger partial charge >= 0.3 is 5.97 Å². The molecule has 0 bridgehead atoms. The van der Waals surface area contributed by atoms with Crippen LogP contribution in [0.5, 0.6) is 5.75 Å². The van der Waals surface area contributed by atoms with Crippen molar-refractivity contribution in [1.29, 1.82) is 0 Å². The molecule has 9 heteroatoms. The number of nitrogens with zero attached hydrogens (tertiary/aromatic N) is 3. The van der Waals surface area contributed by atoms with Gasteiger partial charge in [0, 0.05) is 37.3 Å². The molecule has 0 spiro atoms. The van der Waals surface area contributed by atoms with E-state index in [-0.39, 0.29) is 5.69 Å². The molecule has 1 aliphatic heterocycles. The molecule has 1 fully saturated rings. The van der Waals surface area contributed by atoms with Gasteiger partial charge in [-0.25, -0.2) is 14.8 Å². The van der Waals surface area contributed by atoms with E-state index in [9.17, 15) is 4.79 Å². The van der Waals surface area contributed by atoms with E-state index in [4.69, 9.17) is 14.6 Å². The van der Waals surface area contributed by atoms with E-state index in [1.165, 1.54) is 12.4 Å². The largest absolute Gasteiger partial charge is 0.493 e. The van der Waals surface area contributed by atoms with E-state index in [1.54, 1.807) is 6.20 Å². The standard InChI is InChI=1S/C21H25N5O4/c1-14-9-16-17(11-19(14)30-6-2-3-26-4-7-29-8-5-26)23-13-24-20(16)25-15-10-18(21(27)28)22-12-15/h9-13,22H,2-8H2,1H3,(H,27,28)(H,23,24,25). The summed E-state index contributed by atoms with van der Waals surface area (Å²) < 4.78 is 11.4. The number of fused-ring (bicyclic) bond motifs is 1. The van der Waals surface area contributed by atoms with E-state index in [1.807, 2.05) is 19.1 Å². The maximum atomic E-state index is 11.1. The van der Waals surface area contributed by atoms with Crippen molar-refractivity contribution in [1.82, 2.24) is 19.9 Å². The fourth-order valence-electron chi connectivity index (χ4n) is 3.47. The van der Waals surface area contributed by atoms with Crippen molar-refractivity contribution >= 4 is 28.4 Å². The Morgan fingerprint density at radius 1 is 1.30 bits per heavy atom. The maximum absolute atomic E-state index is 11.1. The molecule has 3 N–H and O–H groups in total. The van der Waals surface area contributed by atoms with Crippen LogP contribution in [0, 0.1) is 6.92 Å². The first kappa shape index (κ1) is 20.1. The number of anilines is 2. The van der Waals surface area contributed by atoms with Crippen molar-refractivity contribution in [3.63, 3.8) is 0 Å². The van der Waals surface area contributed by atoms with E-state index in [0.29, 0.717) is 18.1 Å². The van der Waals surface area contributed by atoms with E-state index < -0.39 is 5.97 Å². The lowest BCUT2D eigenvalue weighted by Crippen LogP contribution is -2.37. The molecule has 30 heavy (non-hydrogen) atoms. The molecule has 9 nitrogen and oxygen atoms in total. The van der Waals surface area contributed by atoms with Crippen LogP contribution in [0.4, 0.5) is 11.5 Å². The molecule has 0 saturated carbocycles. The number of carboxylic acids is 1. The predicted octanol–water partition coefficient (Wildman–Crippen LogP) is 2.81. The Kier molecular flexibility index (Phi) is 6.10. The minimum Gasteiger partial charge on any atom is -0.493 e. The van der Waals surface area contributed by atoms with Crippen LogP contribution in [0.2, 0.25) is 0 Å². The zero-order valence-corrected chi connectivity index (χ0v) is 16.9. The second kappa shape index (κ2) is 9.10. The van der Waals surface area contributed by atoms with Crippen molar-refractivity contribution in [2.45, 2.75) is 13.3 Å². The van der Waals surface area contributed by atoms with Crippen molar-refractivity contribution in [2.24, 2.45) is 0 Å². The van der Waals surface area contributed by atoms with Crippen molar-refractivity contribution in [2.75, 3.05) is 44.8 Å². The van der Waals surface area contributed by atoms with Crippen LogP contribution >= 0.6 is 0 Å². The lowest BCUT2D eigenvalue weighted by Gasteiger charge is -2.26. The SMILES string of the molecule is Cc1cc2c(Nc3c[nH]c(C(=O)O)c3)ncnc2cc1OCCCN1CCOCC1. The van der Waals surface area contributed by atoms with Gasteiger partial charge in [0.25, 0.3) is 0 Å². The number of H-pyrrole nitrogens is 1.